The molecule has 0 bridgehead atoms. The summed E-state index contributed by atoms with van der Waals surface area (Å²) in [7, 11) is 0. The summed E-state index contributed by atoms with van der Waals surface area (Å²) < 4.78 is 15.6. The fourth-order valence-electron chi connectivity index (χ4n) is 2.33. The van der Waals surface area contributed by atoms with E-state index in [0.29, 0.717) is 0 Å². The number of hydrogen-bond donors (Lipinski definition) is 6. The molecule has 20 heavy (non-hydrogen) atoms. The predicted molar refractivity (Wildman–Crippen MR) is 61.5 cm³/mol. The van der Waals surface area contributed by atoms with E-state index >= 15 is 0 Å². The van der Waals surface area contributed by atoms with Crippen LogP contribution in [-0.4, -0.2) is 99.5 Å². The molecule has 2 aliphatic rings. The van der Waals surface area contributed by atoms with Crippen LogP contribution in [0.5, 0.6) is 0 Å². The molecule has 0 amide bonds. The molecule has 6 N–H and O–H groups in total. The maximum absolute atomic E-state index is 9.91. The molecule has 118 valence electrons. The lowest BCUT2D eigenvalue weighted by Crippen LogP contribution is -2.56. The van der Waals surface area contributed by atoms with Gasteiger partial charge in [-0.25, -0.2) is 0 Å². The Hall–Kier alpha value is -0.360. The van der Waals surface area contributed by atoms with Gasteiger partial charge in [0.05, 0.1) is 19.8 Å². The average molecular weight is 296 g/mol. The Morgan fingerprint density at radius 1 is 0.900 bits per heavy atom. The zero-order chi connectivity index (χ0) is 14.9. The fourth-order valence-corrected chi connectivity index (χ4v) is 2.33. The first kappa shape index (κ1) is 16.0. The van der Waals surface area contributed by atoms with Crippen molar-refractivity contribution in [3.05, 3.63) is 0 Å². The van der Waals surface area contributed by atoms with Gasteiger partial charge < -0.3 is 44.8 Å². The van der Waals surface area contributed by atoms with Gasteiger partial charge in [0.25, 0.3) is 0 Å². The van der Waals surface area contributed by atoms with E-state index in [1.54, 1.807) is 0 Å². The van der Waals surface area contributed by atoms with E-state index in [0.717, 1.165) is 0 Å². The molecular weight excluding hydrogens is 276 g/mol. The van der Waals surface area contributed by atoms with Crippen molar-refractivity contribution in [2.75, 3.05) is 19.8 Å². The van der Waals surface area contributed by atoms with Crippen molar-refractivity contribution in [1.82, 2.24) is 0 Å². The van der Waals surface area contributed by atoms with Crippen molar-refractivity contribution in [1.29, 1.82) is 0 Å². The van der Waals surface area contributed by atoms with Crippen LogP contribution in [0.1, 0.15) is 0 Å². The summed E-state index contributed by atoms with van der Waals surface area (Å²) in [6.07, 6.45) is -9.48. The second kappa shape index (κ2) is 6.60. The van der Waals surface area contributed by atoms with Crippen molar-refractivity contribution >= 4 is 0 Å². The van der Waals surface area contributed by atoms with E-state index < -0.39 is 62.2 Å². The van der Waals surface area contributed by atoms with Crippen molar-refractivity contribution < 1.29 is 44.8 Å². The minimum atomic E-state index is -1.50. The van der Waals surface area contributed by atoms with Gasteiger partial charge in [0.15, 0.2) is 6.29 Å². The molecule has 8 atom stereocenters. The normalized spacial score (nSPS) is 49.5. The molecule has 2 saturated heterocycles. The largest absolute Gasteiger partial charge is 0.394 e. The average Bonchev–Trinajstić information content (AvgIpc) is 2.75. The Labute approximate surface area is 114 Å². The van der Waals surface area contributed by atoms with Crippen LogP contribution >= 0.6 is 0 Å². The first-order chi connectivity index (χ1) is 9.49. The molecular formula is C11H20O9. The molecule has 2 aliphatic heterocycles. The van der Waals surface area contributed by atoms with E-state index in [1.165, 1.54) is 0 Å². The lowest BCUT2D eigenvalue weighted by molar-refractivity contribution is -0.291. The number of rotatable bonds is 4. The van der Waals surface area contributed by atoms with E-state index in [2.05, 4.69) is 0 Å². The van der Waals surface area contributed by atoms with Crippen molar-refractivity contribution in [3.8, 4) is 0 Å². The van der Waals surface area contributed by atoms with Crippen LogP contribution in [0.3, 0.4) is 0 Å². The van der Waals surface area contributed by atoms with Crippen LogP contribution in [0.15, 0.2) is 0 Å². The minimum Gasteiger partial charge on any atom is -0.394 e. The monoisotopic (exact) mass is 296 g/mol. The quantitative estimate of drug-likeness (QED) is 0.304. The van der Waals surface area contributed by atoms with Gasteiger partial charge in [-0.1, -0.05) is 0 Å². The molecule has 0 saturated carbocycles. The van der Waals surface area contributed by atoms with Crippen molar-refractivity contribution in [3.63, 3.8) is 0 Å². The zero-order valence-electron chi connectivity index (χ0n) is 10.6. The van der Waals surface area contributed by atoms with Crippen LogP contribution in [-0.2, 0) is 14.2 Å². The topological polar surface area (TPSA) is 149 Å². The van der Waals surface area contributed by atoms with E-state index in [4.69, 9.17) is 24.4 Å². The Morgan fingerprint density at radius 2 is 1.55 bits per heavy atom. The van der Waals surface area contributed by atoms with Gasteiger partial charge in [0.2, 0.25) is 0 Å². The molecule has 9 heteroatoms. The molecule has 2 heterocycles. The summed E-state index contributed by atoms with van der Waals surface area (Å²) in [4.78, 5) is 0. The van der Waals surface area contributed by atoms with Crippen LogP contribution in [0, 0.1) is 0 Å². The number of hydrogen-bond acceptors (Lipinski definition) is 9. The van der Waals surface area contributed by atoms with Gasteiger partial charge in [-0.15, -0.1) is 0 Å². The highest BCUT2D eigenvalue weighted by Gasteiger charge is 2.48. The van der Waals surface area contributed by atoms with E-state index in [9.17, 15) is 20.4 Å². The van der Waals surface area contributed by atoms with Gasteiger partial charge in [-0.3, -0.25) is 0 Å². The van der Waals surface area contributed by atoms with Gasteiger partial charge in [0, 0.05) is 0 Å². The summed E-state index contributed by atoms with van der Waals surface area (Å²) in [5, 5.41) is 56.7. The highest BCUT2D eigenvalue weighted by Crippen LogP contribution is 2.27. The Kier molecular flexibility index (Phi) is 5.29. The SMILES string of the molecule is OC[C@@H]1O[C@H](CO)[C@@H](O)[C@@H]1O[C@@H]1OC[C@@H](O)[C@@H](O)[C@@H]1O. The second-order valence-corrected chi connectivity index (χ2v) is 4.92. The first-order valence-corrected chi connectivity index (χ1v) is 6.36. The van der Waals surface area contributed by atoms with Crippen molar-refractivity contribution in [2.45, 2.75) is 49.0 Å². The van der Waals surface area contributed by atoms with Crippen LogP contribution in [0.4, 0.5) is 0 Å². The van der Waals surface area contributed by atoms with Gasteiger partial charge in [-0.05, 0) is 0 Å². The second-order valence-electron chi connectivity index (χ2n) is 4.92. The lowest BCUT2D eigenvalue weighted by atomic mass is 10.0. The third-order valence-corrected chi connectivity index (χ3v) is 3.54. The molecule has 2 rings (SSSR count). The highest BCUT2D eigenvalue weighted by atomic mass is 16.7. The smallest absolute Gasteiger partial charge is 0.186 e. The molecule has 0 aromatic carbocycles. The molecule has 0 aliphatic carbocycles. The predicted octanol–water partition coefficient (Wildman–Crippen LogP) is -4.08. The van der Waals surface area contributed by atoms with Crippen LogP contribution in [0.25, 0.3) is 0 Å². The van der Waals surface area contributed by atoms with E-state index in [1.807, 2.05) is 0 Å². The van der Waals surface area contributed by atoms with Crippen LogP contribution < -0.4 is 0 Å². The van der Waals surface area contributed by atoms with E-state index in [-0.39, 0.29) is 6.61 Å². The summed E-state index contributed by atoms with van der Waals surface area (Å²) in [5.74, 6) is 0. The number of aliphatic hydroxyl groups excluding tert-OH is 6. The summed E-state index contributed by atoms with van der Waals surface area (Å²) >= 11 is 0. The molecule has 2 fully saturated rings. The molecule has 0 aromatic heterocycles. The highest BCUT2D eigenvalue weighted by molar-refractivity contribution is 4.93. The zero-order valence-corrected chi connectivity index (χ0v) is 10.6. The maximum atomic E-state index is 9.91. The fraction of sp³-hybridized carbons (Fsp3) is 1.00. The molecule has 0 aromatic rings. The van der Waals surface area contributed by atoms with Crippen LogP contribution in [0.2, 0.25) is 0 Å². The third-order valence-electron chi connectivity index (χ3n) is 3.54. The maximum Gasteiger partial charge on any atom is 0.186 e. The lowest BCUT2D eigenvalue weighted by Gasteiger charge is -2.37. The summed E-state index contributed by atoms with van der Waals surface area (Å²) in [6.45, 7) is -1.14. The number of aliphatic hydroxyl groups is 6. The van der Waals surface area contributed by atoms with Crippen molar-refractivity contribution in [2.24, 2.45) is 0 Å². The molecule has 9 nitrogen and oxygen atoms in total. The molecule has 0 spiro atoms. The third kappa shape index (κ3) is 2.96. The minimum absolute atomic E-state index is 0.236. The Balaban J connectivity index is 2.01. The standard InChI is InChI=1S/C11H20O9/c12-1-5-8(16)10(6(2-13)19-5)20-11-9(17)7(15)4(14)3-18-11/h4-17H,1-3H2/t4-,5-,6+,7-,8-,9+,10-,11+/m1/s1. The molecule has 0 radical (unpaired) electrons. The van der Waals surface area contributed by atoms with Gasteiger partial charge >= 0.3 is 0 Å². The van der Waals surface area contributed by atoms with Gasteiger partial charge in [0.1, 0.15) is 42.7 Å². The summed E-state index contributed by atoms with van der Waals surface area (Å²) in [5.41, 5.74) is 0. The first-order valence-electron chi connectivity index (χ1n) is 6.36. The molecule has 0 unspecified atom stereocenters. The summed E-state index contributed by atoms with van der Waals surface area (Å²) in [6, 6.07) is 0. The number of ether oxygens (including phenoxy) is 3. The van der Waals surface area contributed by atoms with Gasteiger partial charge in [-0.2, -0.15) is 0 Å². The Morgan fingerprint density at radius 3 is 2.15 bits per heavy atom. The Bertz CT molecular complexity index is 312.